The van der Waals surface area contributed by atoms with Crippen molar-refractivity contribution in [2.45, 2.75) is 52.4 Å². The van der Waals surface area contributed by atoms with Gasteiger partial charge in [0.25, 0.3) is 0 Å². The van der Waals surface area contributed by atoms with Crippen LogP contribution in [0.25, 0.3) is 10.2 Å². The van der Waals surface area contributed by atoms with Gasteiger partial charge >= 0.3 is 0 Å². The summed E-state index contributed by atoms with van der Waals surface area (Å²) in [6, 6.07) is 10.6. The van der Waals surface area contributed by atoms with E-state index in [-0.39, 0.29) is 5.92 Å². The molecule has 32 heavy (non-hydrogen) atoms. The Bertz CT molecular complexity index is 1100. The van der Waals surface area contributed by atoms with Crippen LogP contribution in [0.2, 0.25) is 0 Å². The van der Waals surface area contributed by atoms with Crippen LogP contribution in [-0.2, 0) is 17.6 Å². The molecule has 1 amide bonds. The number of hydrogen-bond acceptors (Lipinski definition) is 5. The molecular weight excluding hydrogens is 416 g/mol. The monoisotopic (exact) mass is 448 g/mol. The summed E-state index contributed by atoms with van der Waals surface area (Å²) in [5.74, 6) is 2.62. The van der Waals surface area contributed by atoms with E-state index in [1.165, 1.54) is 34.2 Å². The second-order valence-corrected chi connectivity index (χ2v) is 10.4. The Hall–Kier alpha value is -2.47. The van der Waals surface area contributed by atoms with Gasteiger partial charge in [-0.05, 0) is 44.2 Å². The highest BCUT2D eigenvalue weighted by Crippen LogP contribution is 2.36. The summed E-state index contributed by atoms with van der Waals surface area (Å²) in [5.41, 5.74) is 2.61. The van der Waals surface area contributed by atoms with Gasteiger partial charge in [-0.25, -0.2) is 9.97 Å². The van der Waals surface area contributed by atoms with Crippen molar-refractivity contribution in [2.24, 2.45) is 5.92 Å². The first-order valence-corrected chi connectivity index (χ1v) is 12.8. The number of anilines is 1. The minimum atomic E-state index is 0.263. The van der Waals surface area contributed by atoms with Crippen molar-refractivity contribution < 1.29 is 4.79 Å². The van der Waals surface area contributed by atoms with E-state index in [0.29, 0.717) is 5.91 Å². The number of fused-ring (bicyclic) bond motifs is 1. The lowest BCUT2D eigenvalue weighted by molar-refractivity contribution is -0.135. The van der Waals surface area contributed by atoms with E-state index in [0.717, 1.165) is 68.3 Å². The highest BCUT2D eigenvalue weighted by Gasteiger charge is 2.30. The van der Waals surface area contributed by atoms with Gasteiger partial charge in [0.15, 0.2) is 0 Å². The van der Waals surface area contributed by atoms with Crippen LogP contribution >= 0.6 is 11.3 Å². The number of nitrogens with zero attached hydrogens (tertiary/aromatic N) is 4. The van der Waals surface area contributed by atoms with Crippen LogP contribution in [-0.4, -0.2) is 47.0 Å². The number of piperazine rings is 1. The first kappa shape index (κ1) is 21.4. The van der Waals surface area contributed by atoms with E-state index in [4.69, 9.17) is 9.97 Å². The van der Waals surface area contributed by atoms with Crippen LogP contribution in [0.4, 0.5) is 5.82 Å². The molecule has 3 heterocycles. The van der Waals surface area contributed by atoms with E-state index in [1.54, 1.807) is 11.3 Å². The molecule has 2 aliphatic rings. The van der Waals surface area contributed by atoms with Gasteiger partial charge in [0.2, 0.25) is 5.91 Å². The van der Waals surface area contributed by atoms with E-state index in [2.05, 4.69) is 54.0 Å². The molecule has 1 saturated carbocycles. The smallest absolute Gasteiger partial charge is 0.225 e. The number of amides is 1. The van der Waals surface area contributed by atoms with Crippen LogP contribution in [0, 0.1) is 19.8 Å². The predicted molar refractivity (Wildman–Crippen MR) is 131 cm³/mol. The summed E-state index contributed by atoms with van der Waals surface area (Å²) < 4.78 is 0. The Morgan fingerprint density at radius 2 is 1.72 bits per heavy atom. The molecule has 168 valence electrons. The first-order valence-electron chi connectivity index (χ1n) is 11.9. The maximum absolute atomic E-state index is 12.9. The van der Waals surface area contributed by atoms with Crippen LogP contribution in [0.15, 0.2) is 30.3 Å². The quantitative estimate of drug-likeness (QED) is 0.555. The third-order valence-corrected chi connectivity index (χ3v) is 8.23. The molecule has 5 rings (SSSR count). The Balaban J connectivity index is 1.37. The Morgan fingerprint density at radius 3 is 2.44 bits per heavy atom. The SMILES string of the molecule is Cc1sc2nc(CCc3ccccc3)nc(N3CCN(C(=O)C4CCCC4)CC3)c2c1C. The molecule has 2 fully saturated rings. The Morgan fingerprint density at radius 1 is 1.00 bits per heavy atom. The second kappa shape index (κ2) is 9.18. The summed E-state index contributed by atoms with van der Waals surface area (Å²) >= 11 is 1.77. The molecule has 0 bridgehead atoms. The molecule has 2 aromatic heterocycles. The lowest BCUT2D eigenvalue weighted by Crippen LogP contribution is -2.50. The Kier molecular flexibility index (Phi) is 6.13. The van der Waals surface area contributed by atoms with Crippen molar-refractivity contribution in [1.82, 2.24) is 14.9 Å². The molecule has 0 radical (unpaired) electrons. The molecule has 0 N–H and O–H groups in total. The second-order valence-electron chi connectivity index (χ2n) is 9.21. The zero-order valence-corrected chi connectivity index (χ0v) is 20.0. The van der Waals surface area contributed by atoms with Gasteiger partial charge < -0.3 is 9.80 Å². The van der Waals surface area contributed by atoms with E-state index in [9.17, 15) is 4.79 Å². The van der Waals surface area contributed by atoms with Gasteiger partial charge in [-0.3, -0.25) is 4.79 Å². The lowest BCUT2D eigenvalue weighted by Gasteiger charge is -2.37. The van der Waals surface area contributed by atoms with Gasteiger partial charge in [-0.1, -0.05) is 43.2 Å². The molecule has 0 atom stereocenters. The fraction of sp³-hybridized carbons (Fsp3) is 0.500. The number of carbonyl (C=O) groups excluding carboxylic acids is 1. The topological polar surface area (TPSA) is 49.3 Å². The summed E-state index contributed by atoms with van der Waals surface area (Å²) in [6.45, 7) is 7.64. The Labute approximate surface area is 194 Å². The lowest BCUT2D eigenvalue weighted by atomic mass is 10.1. The summed E-state index contributed by atoms with van der Waals surface area (Å²) in [7, 11) is 0. The van der Waals surface area contributed by atoms with Crippen LogP contribution in [0.1, 0.15) is 47.5 Å². The number of thiophene rings is 1. The van der Waals surface area contributed by atoms with E-state index < -0.39 is 0 Å². The molecule has 1 aliphatic heterocycles. The van der Waals surface area contributed by atoms with Crippen molar-refractivity contribution >= 4 is 33.3 Å². The standard InChI is InChI=1S/C26H32N4OS/c1-18-19(2)32-25-23(18)24(27-22(28-25)13-12-20-8-4-3-5-9-20)29-14-16-30(17-15-29)26(31)21-10-6-7-11-21/h3-5,8-9,21H,6-7,10-17H2,1-2H3. The summed E-state index contributed by atoms with van der Waals surface area (Å²) in [6.07, 6.45) is 6.34. The number of rotatable bonds is 5. The number of carbonyl (C=O) groups is 1. The number of aromatic nitrogens is 2. The van der Waals surface area contributed by atoms with Crippen LogP contribution in [0.3, 0.4) is 0 Å². The van der Waals surface area contributed by atoms with Gasteiger partial charge in [0.05, 0.1) is 5.39 Å². The molecule has 5 nitrogen and oxygen atoms in total. The number of aryl methyl sites for hydroxylation is 4. The highest BCUT2D eigenvalue weighted by atomic mass is 32.1. The number of hydrogen-bond donors (Lipinski definition) is 0. The fourth-order valence-electron chi connectivity index (χ4n) is 5.08. The third-order valence-electron chi connectivity index (χ3n) is 7.13. The van der Waals surface area contributed by atoms with Crippen molar-refractivity contribution in [1.29, 1.82) is 0 Å². The molecule has 0 unspecified atom stereocenters. The number of benzene rings is 1. The summed E-state index contributed by atoms with van der Waals surface area (Å²) in [4.78, 5) is 29.8. The average Bonchev–Trinajstić information content (AvgIpc) is 3.46. The van der Waals surface area contributed by atoms with Gasteiger partial charge in [0, 0.05) is 43.4 Å². The highest BCUT2D eigenvalue weighted by molar-refractivity contribution is 7.18. The summed E-state index contributed by atoms with van der Waals surface area (Å²) in [5, 5.41) is 1.20. The van der Waals surface area contributed by atoms with Gasteiger partial charge in [0.1, 0.15) is 16.5 Å². The minimum absolute atomic E-state index is 0.263. The van der Waals surface area contributed by atoms with E-state index >= 15 is 0 Å². The van der Waals surface area contributed by atoms with Crippen molar-refractivity contribution in [3.8, 4) is 0 Å². The van der Waals surface area contributed by atoms with E-state index in [1.807, 2.05) is 0 Å². The first-order chi connectivity index (χ1) is 15.6. The van der Waals surface area contributed by atoms with Crippen LogP contribution < -0.4 is 4.90 Å². The van der Waals surface area contributed by atoms with Crippen molar-refractivity contribution in [2.75, 3.05) is 31.1 Å². The molecule has 6 heteroatoms. The molecular formula is C26H32N4OS. The zero-order chi connectivity index (χ0) is 22.1. The fourth-order valence-corrected chi connectivity index (χ4v) is 6.13. The zero-order valence-electron chi connectivity index (χ0n) is 19.1. The minimum Gasteiger partial charge on any atom is -0.352 e. The average molecular weight is 449 g/mol. The van der Waals surface area contributed by atoms with Crippen LogP contribution in [0.5, 0.6) is 0 Å². The van der Waals surface area contributed by atoms with Gasteiger partial charge in [-0.2, -0.15) is 0 Å². The maximum Gasteiger partial charge on any atom is 0.225 e. The molecule has 0 spiro atoms. The molecule has 1 saturated heterocycles. The maximum atomic E-state index is 12.9. The predicted octanol–water partition coefficient (Wildman–Crippen LogP) is 4.93. The van der Waals surface area contributed by atoms with Gasteiger partial charge in [-0.15, -0.1) is 11.3 Å². The van der Waals surface area contributed by atoms with Crippen molar-refractivity contribution in [3.63, 3.8) is 0 Å². The van der Waals surface area contributed by atoms with Crippen molar-refractivity contribution in [3.05, 3.63) is 52.2 Å². The molecule has 1 aliphatic carbocycles. The normalized spacial score (nSPS) is 17.4. The molecule has 3 aromatic rings. The molecule has 1 aromatic carbocycles. The largest absolute Gasteiger partial charge is 0.352 e. The third kappa shape index (κ3) is 4.25.